The summed E-state index contributed by atoms with van der Waals surface area (Å²) >= 11 is 0. The van der Waals surface area contributed by atoms with E-state index in [-0.39, 0.29) is 28.9 Å². The summed E-state index contributed by atoms with van der Waals surface area (Å²) in [6.45, 7) is 2.46. The summed E-state index contributed by atoms with van der Waals surface area (Å²) in [5.41, 5.74) is 0.705. The molecule has 1 aliphatic rings. The Kier molecular flexibility index (Phi) is 5.67. The molecule has 0 N–H and O–H groups in total. The van der Waals surface area contributed by atoms with E-state index in [2.05, 4.69) is 0 Å². The molecule has 1 heterocycles. The molecule has 0 radical (unpaired) electrons. The number of hydrogen-bond donors (Lipinski definition) is 0. The van der Waals surface area contributed by atoms with E-state index in [0.29, 0.717) is 6.61 Å². The molecule has 0 amide bonds. The van der Waals surface area contributed by atoms with Crippen molar-refractivity contribution in [2.75, 3.05) is 13.7 Å². The van der Waals surface area contributed by atoms with Crippen LogP contribution in [-0.2, 0) is 4.74 Å². The second-order valence-corrected chi connectivity index (χ2v) is 6.35. The van der Waals surface area contributed by atoms with E-state index in [4.69, 9.17) is 9.47 Å². The van der Waals surface area contributed by atoms with Crippen LogP contribution < -0.4 is 4.74 Å². The predicted molar refractivity (Wildman–Crippen MR) is 94.8 cm³/mol. The van der Waals surface area contributed by atoms with Crippen molar-refractivity contribution in [3.05, 3.63) is 65.5 Å². The Bertz CT molecular complexity index is 809. The van der Waals surface area contributed by atoms with Gasteiger partial charge in [0.1, 0.15) is 5.82 Å². The van der Waals surface area contributed by atoms with Crippen LogP contribution in [0.1, 0.15) is 31.2 Å². The highest BCUT2D eigenvalue weighted by Gasteiger charge is 2.23. The maximum Gasteiger partial charge on any atom is 0.201 e. The van der Waals surface area contributed by atoms with Crippen LogP contribution in [0, 0.1) is 17.5 Å². The maximum atomic E-state index is 14.6. The standard InChI is InChI=1S/C21H21F3O2/c1-3-4-15-7-5-14(12-26-15)13-6-8-16(18(22)11-13)17-9-10-19(25-2)21(24)20(17)23/h3-4,6,8-11,14-15H,5,7,12H2,1-2H3/b4-3+. The molecule has 26 heavy (non-hydrogen) atoms. The van der Waals surface area contributed by atoms with Crippen molar-refractivity contribution in [1.29, 1.82) is 0 Å². The summed E-state index contributed by atoms with van der Waals surface area (Å²) in [5.74, 6) is -2.94. The molecule has 138 valence electrons. The SMILES string of the molecule is C/C=C/C1CCC(c2ccc(-c3ccc(OC)c(F)c3F)c(F)c2)CO1. The summed E-state index contributed by atoms with van der Waals surface area (Å²) in [6.07, 6.45) is 5.84. The largest absolute Gasteiger partial charge is 0.494 e. The molecule has 2 unspecified atom stereocenters. The first-order chi connectivity index (χ1) is 12.5. The van der Waals surface area contributed by atoms with Gasteiger partial charge in [-0.3, -0.25) is 0 Å². The predicted octanol–water partition coefficient (Wildman–Crippen LogP) is 5.62. The Morgan fingerprint density at radius 2 is 1.81 bits per heavy atom. The van der Waals surface area contributed by atoms with Gasteiger partial charge in [-0.1, -0.05) is 24.3 Å². The highest BCUT2D eigenvalue weighted by molar-refractivity contribution is 5.66. The van der Waals surface area contributed by atoms with Crippen LogP contribution in [0.15, 0.2) is 42.5 Å². The lowest BCUT2D eigenvalue weighted by molar-refractivity contribution is 0.0326. The average molecular weight is 362 g/mol. The molecular weight excluding hydrogens is 341 g/mol. The first-order valence-electron chi connectivity index (χ1n) is 8.61. The van der Waals surface area contributed by atoms with Crippen LogP contribution in [0.2, 0.25) is 0 Å². The van der Waals surface area contributed by atoms with Crippen molar-refractivity contribution in [2.45, 2.75) is 31.8 Å². The van der Waals surface area contributed by atoms with Crippen molar-refractivity contribution in [3.63, 3.8) is 0 Å². The average Bonchev–Trinajstić information content (AvgIpc) is 2.65. The van der Waals surface area contributed by atoms with Crippen molar-refractivity contribution in [2.24, 2.45) is 0 Å². The van der Waals surface area contributed by atoms with Gasteiger partial charge in [0.15, 0.2) is 11.6 Å². The van der Waals surface area contributed by atoms with Gasteiger partial charge in [0.05, 0.1) is 19.8 Å². The van der Waals surface area contributed by atoms with E-state index in [1.807, 2.05) is 19.1 Å². The van der Waals surface area contributed by atoms with Crippen molar-refractivity contribution in [1.82, 2.24) is 0 Å². The Labute approximate surface area is 151 Å². The van der Waals surface area contributed by atoms with Crippen LogP contribution in [-0.4, -0.2) is 19.8 Å². The lowest BCUT2D eigenvalue weighted by Gasteiger charge is -2.28. The smallest absolute Gasteiger partial charge is 0.201 e. The molecule has 1 saturated heterocycles. The lowest BCUT2D eigenvalue weighted by atomic mass is 9.90. The fourth-order valence-electron chi connectivity index (χ4n) is 3.30. The third-order valence-corrected chi connectivity index (χ3v) is 4.74. The molecule has 1 fully saturated rings. The number of allylic oxidation sites excluding steroid dienone is 1. The Balaban J connectivity index is 1.84. The number of rotatable bonds is 4. The highest BCUT2D eigenvalue weighted by Crippen LogP contribution is 2.34. The minimum atomic E-state index is -1.12. The second kappa shape index (κ2) is 7.96. The Morgan fingerprint density at radius 3 is 2.42 bits per heavy atom. The van der Waals surface area contributed by atoms with Crippen LogP contribution in [0.4, 0.5) is 13.2 Å². The van der Waals surface area contributed by atoms with E-state index in [1.165, 1.54) is 31.4 Å². The lowest BCUT2D eigenvalue weighted by Crippen LogP contribution is -2.23. The molecule has 2 aromatic carbocycles. The maximum absolute atomic E-state index is 14.6. The number of hydrogen-bond acceptors (Lipinski definition) is 2. The number of ether oxygens (including phenoxy) is 2. The zero-order valence-corrected chi connectivity index (χ0v) is 14.8. The van der Waals surface area contributed by atoms with Gasteiger partial charge in [-0.2, -0.15) is 4.39 Å². The Hall–Kier alpha value is -2.27. The molecule has 0 spiro atoms. The molecule has 2 nitrogen and oxygen atoms in total. The summed E-state index contributed by atoms with van der Waals surface area (Å²) < 4.78 is 53.3. The molecule has 5 heteroatoms. The summed E-state index contributed by atoms with van der Waals surface area (Å²) in [4.78, 5) is 0. The van der Waals surface area contributed by atoms with Gasteiger partial charge < -0.3 is 9.47 Å². The zero-order chi connectivity index (χ0) is 18.7. The third-order valence-electron chi connectivity index (χ3n) is 4.74. The molecule has 0 bridgehead atoms. The first kappa shape index (κ1) is 18.5. The van der Waals surface area contributed by atoms with E-state index < -0.39 is 17.5 Å². The molecule has 0 aromatic heterocycles. The molecule has 3 rings (SSSR count). The third kappa shape index (κ3) is 3.63. The van der Waals surface area contributed by atoms with E-state index in [9.17, 15) is 13.2 Å². The Morgan fingerprint density at radius 1 is 1.04 bits per heavy atom. The summed E-state index contributed by atoms with van der Waals surface area (Å²) in [6, 6.07) is 7.25. The minimum Gasteiger partial charge on any atom is -0.494 e. The van der Waals surface area contributed by atoms with Crippen molar-refractivity contribution >= 4 is 0 Å². The molecule has 2 atom stereocenters. The monoisotopic (exact) mass is 362 g/mol. The quantitative estimate of drug-likeness (QED) is 0.658. The normalized spacial score (nSPS) is 20.5. The first-order valence-corrected chi connectivity index (χ1v) is 8.61. The fraction of sp³-hybridized carbons (Fsp3) is 0.333. The number of methoxy groups -OCH3 is 1. The van der Waals surface area contributed by atoms with Crippen LogP contribution in [0.25, 0.3) is 11.1 Å². The van der Waals surface area contributed by atoms with Gasteiger partial charge >= 0.3 is 0 Å². The van der Waals surface area contributed by atoms with Gasteiger partial charge in [0, 0.05) is 17.0 Å². The molecule has 0 aliphatic carbocycles. The van der Waals surface area contributed by atoms with Crippen LogP contribution in [0.5, 0.6) is 5.75 Å². The number of halogens is 3. The van der Waals surface area contributed by atoms with Gasteiger partial charge in [-0.05, 0) is 43.5 Å². The van der Waals surface area contributed by atoms with Crippen molar-refractivity contribution < 1.29 is 22.6 Å². The van der Waals surface area contributed by atoms with E-state index in [0.717, 1.165) is 18.4 Å². The topological polar surface area (TPSA) is 18.5 Å². The zero-order valence-electron chi connectivity index (χ0n) is 14.8. The second-order valence-electron chi connectivity index (χ2n) is 6.35. The molecular formula is C21H21F3O2. The molecule has 1 aliphatic heterocycles. The molecule has 0 saturated carbocycles. The highest BCUT2D eigenvalue weighted by atomic mass is 19.2. The van der Waals surface area contributed by atoms with E-state index >= 15 is 0 Å². The summed E-state index contributed by atoms with van der Waals surface area (Å²) in [5, 5.41) is 0. The van der Waals surface area contributed by atoms with Gasteiger partial charge in [0.25, 0.3) is 0 Å². The van der Waals surface area contributed by atoms with Crippen molar-refractivity contribution in [3.8, 4) is 16.9 Å². The minimum absolute atomic E-state index is 0.0244. The van der Waals surface area contributed by atoms with Gasteiger partial charge in [-0.15, -0.1) is 0 Å². The van der Waals surface area contributed by atoms with Crippen LogP contribution in [0.3, 0.4) is 0 Å². The van der Waals surface area contributed by atoms with Crippen LogP contribution >= 0.6 is 0 Å². The number of benzene rings is 2. The van der Waals surface area contributed by atoms with E-state index in [1.54, 1.807) is 6.07 Å². The fourth-order valence-corrected chi connectivity index (χ4v) is 3.30. The molecule has 2 aromatic rings. The van der Waals surface area contributed by atoms with Gasteiger partial charge in [0.2, 0.25) is 5.82 Å². The summed E-state index contributed by atoms with van der Waals surface area (Å²) in [7, 11) is 1.25. The van der Waals surface area contributed by atoms with Gasteiger partial charge in [-0.25, -0.2) is 8.78 Å².